The summed E-state index contributed by atoms with van der Waals surface area (Å²) in [5, 5.41) is 4.23. The fraction of sp³-hybridized carbons (Fsp3) is 0.208. The van der Waals surface area contributed by atoms with Gasteiger partial charge >= 0.3 is 0 Å². The van der Waals surface area contributed by atoms with Gasteiger partial charge in [0, 0.05) is 41.4 Å². The fourth-order valence-corrected chi connectivity index (χ4v) is 4.51. The van der Waals surface area contributed by atoms with Crippen LogP contribution >= 0.6 is 0 Å². The molecule has 4 rings (SSSR count). The molecular formula is C24H22N2O5S. The van der Waals surface area contributed by atoms with E-state index in [9.17, 15) is 22.8 Å². The number of anilines is 1. The average molecular weight is 451 g/mol. The SMILES string of the molecule is Cc1ccc(S(C)(=O)=O)cc1NC(=O)CCCN1C(=O)c2cccc3cccc(c23)C1=O. The quantitative estimate of drug-likeness (QED) is 0.579. The summed E-state index contributed by atoms with van der Waals surface area (Å²) < 4.78 is 23.5. The van der Waals surface area contributed by atoms with Gasteiger partial charge in [-0.05, 0) is 48.6 Å². The van der Waals surface area contributed by atoms with Gasteiger partial charge in [0.25, 0.3) is 11.8 Å². The largest absolute Gasteiger partial charge is 0.326 e. The molecule has 1 aliphatic heterocycles. The number of carbonyl (C=O) groups is 3. The molecule has 0 bridgehead atoms. The van der Waals surface area contributed by atoms with Gasteiger partial charge in [-0.1, -0.05) is 30.3 Å². The van der Waals surface area contributed by atoms with Crippen molar-refractivity contribution in [2.45, 2.75) is 24.7 Å². The molecule has 0 atom stereocenters. The van der Waals surface area contributed by atoms with Crippen LogP contribution in [0.3, 0.4) is 0 Å². The Morgan fingerprint density at radius 3 is 2.19 bits per heavy atom. The van der Waals surface area contributed by atoms with Crippen LogP contribution in [0.2, 0.25) is 0 Å². The first-order chi connectivity index (χ1) is 15.2. The third kappa shape index (κ3) is 4.01. The number of nitrogens with one attached hydrogen (secondary N) is 1. The summed E-state index contributed by atoms with van der Waals surface area (Å²) in [7, 11) is -3.40. The lowest BCUT2D eigenvalue weighted by Gasteiger charge is -2.27. The van der Waals surface area contributed by atoms with E-state index in [1.165, 1.54) is 17.0 Å². The van der Waals surface area contributed by atoms with Crippen LogP contribution < -0.4 is 5.32 Å². The number of sulfone groups is 1. The Kier molecular flexibility index (Phi) is 5.56. The Labute approximate surface area is 186 Å². The smallest absolute Gasteiger partial charge is 0.261 e. The zero-order chi connectivity index (χ0) is 23.0. The molecule has 0 aliphatic carbocycles. The van der Waals surface area contributed by atoms with Gasteiger partial charge in [-0.15, -0.1) is 0 Å². The van der Waals surface area contributed by atoms with E-state index >= 15 is 0 Å². The molecule has 164 valence electrons. The second-order valence-corrected chi connectivity index (χ2v) is 9.89. The maximum Gasteiger partial charge on any atom is 0.261 e. The summed E-state index contributed by atoms with van der Waals surface area (Å²) in [5.41, 5.74) is 2.12. The minimum Gasteiger partial charge on any atom is -0.326 e. The van der Waals surface area contributed by atoms with Gasteiger partial charge in [0.1, 0.15) is 0 Å². The molecular weight excluding hydrogens is 428 g/mol. The number of nitrogens with zero attached hydrogens (tertiary/aromatic N) is 1. The van der Waals surface area contributed by atoms with Crippen LogP contribution in [0.4, 0.5) is 5.69 Å². The highest BCUT2D eigenvalue weighted by molar-refractivity contribution is 7.90. The molecule has 1 heterocycles. The highest BCUT2D eigenvalue weighted by Crippen LogP contribution is 2.30. The third-order valence-corrected chi connectivity index (χ3v) is 6.66. The van der Waals surface area contributed by atoms with E-state index in [0.717, 1.165) is 17.2 Å². The highest BCUT2D eigenvalue weighted by atomic mass is 32.2. The number of carbonyl (C=O) groups excluding carboxylic acids is 3. The van der Waals surface area contributed by atoms with E-state index in [-0.39, 0.29) is 42.0 Å². The highest BCUT2D eigenvalue weighted by Gasteiger charge is 2.32. The van der Waals surface area contributed by atoms with Crippen molar-refractivity contribution in [1.82, 2.24) is 4.90 Å². The molecule has 0 saturated heterocycles. The third-order valence-electron chi connectivity index (χ3n) is 5.55. The predicted molar refractivity (Wildman–Crippen MR) is 121 cm³/mol. The van der Waals surface area contributed by atoms with Crippen molar-refractivity contribution in [2.75, 3.05) is 18.1 Å². The Morgan fingerprint density at radius 2 is 1.59 bits per heavy atom. The van der Waals surface area contributed by atoms with Gasteiger partial charge in [-0.3, -0.25) is 19.3 Å². The Hall–Kier alpha value is -3.52. The molecule has 0 unspecified atom stereocenters. The normalized spacial score (nSPS) is 13.5. The van der Waals surface area contributed by atoms with Gasteiger partial charge in [0.2, 0.25) is 5.91 Å². The lowest BCUT2D eigenvalue weighted by molar-refractivity contribution is -0.116. The van der Waals surface area contributed by atoms with Crippen LogP contribution in [0.15, 0.2) is 59.5 Å². The molecule has 0 radical (unpaired) electrons. The van der Waals surface area contributed by atoms with Crippen LogP contribution in [0, 0.1) is 6.92 Å². The number of amides is 3. The number of hydrogen-bond acceptors (Lipinski definition) is 5. The van der Waals surface area contributed by atoms with Crippen molar-refractivity contribution in [1.29, 1.82) is 0 Å². The minimum atomic E-state index is -3.40. The van der Waals surface area contributed by atoms with E-state index in [1.807, 2.05) is 12.1 Å². The van der Waals surface area contributed by atoms with Crippen molar-refractivity contribution in [3.8, 4) is 0 Å². The Morgan fingerprint density at radius 1 is 0.969 bits per heavy atom. The second kappa shape index (κ2) is 8.20. The molecule has 0 saturated carbocycles. The number of hydrogen-bond donors (Lipinski definition) is 1. The second-order valence-electron chi connectivity index (χ2n) is 7.87. The fourth-order valence-electron chi connectivity index (χ4n) is 3.86. The van der Waals surface area contributed by atoms with Gasteiger partial charge in [0.05, 0.1) is 4.90 Å². The summed E-state index contributed by atoms with van der Waals surface area (Å²) in [6.07, 6.45) is 1.46. The van der Waals surface area contributed by atoms with Crippen LogP contribution in [0.25, 0.3) is 10.8 Å². The number of imide groups is 1. The summed E-state index contributed by atoms with van der Waals surface area (Å²) in [5.74, 6) is -1.05. The van der Waals surface area contributed by atoms with Crippen LogP contribution in [0.5, 0.6) is 0 Å². The summed E-state index contributed by atoms with van der Waals surface area (Å²) >= 11 is 0. The topological polar surface area (TPSA) is 101 Å². The summed E-state index contributed by atoms with van der Waals surface area (Å²) in [6.45, 7) is 1.88. The molecule has 0 fully saturated rings. The first-order valence-corrected chi connectivity index (χ1v) is 12.0. The van der Waals surface area contributed by atoms with Crippen LogP contribution in [-0.2, 0) is 14.6 Å². The molecule has 8 heteroatoms. The maximum absolute atomic E-state index is 12.9. The molecule has 32 heavy (non-hydrogen) atoms. The van der Waals surface area contributed by atoms with Crippen LogP contribution in [0.1, 0.15) is 39.1 Å². The minimum absolute atomic E-state index is 0.0749. The Balaban J connectivity index is 1.44. The Bertz CT molecular complexity index is 1330. The molecule has 1 aliphatic rings. The van der Waals surface area contributed by atoms with E-state index in [0.29, 0.717) is 22.2 Å². The standard InChI is InChI=1S/C24H22N2O5S/c1-15-11-12-17(32(2,30)31)14-20(15)25-21(27)10-5-13-26-23(28)18-8-3-6-16-7-4-9-19(22(16)18)24(26)29/h3-4,6-9,11-12,14H,5,10,13H2,1-2H3,(H,25,27). The first kappa shape index (κ1) is 21.7. The van der Waals surface area contributed by atoms with Gasteiger partial charge in [-0.2, -0.15) is 0 Å². The van der Waals surface area contributed by atoms with Crippen LogP contribution in [-0.4, -0.2) is 43.8 Å². The predicted octanol–water partition coefficient (Wildman–Crippen LogP) is 3.57. The summed E-state index contributed by atoms with van der Waals surface area (Å²) in [4.78, 5) is 39.5. The monoisotopic (exact) mass is 450 g/mol. The van der Waals surface area contributed by atoms with E-state index < -0.39 is 9.84 Å². The number of aryl methyl sites for hydroxylation is 1. The maximum atomic E-state index is 12.9. The van der Waals surface area contributed by atoms with Crippen molar-refractivity contribution in [2.24, 2.45) is 0 Å². The zero-order valence-electron chi connectivity index (χ0n) is 17.7. The molecule has 0 aromatic heterocycles. The van der Waals surface area contributed by atoms with Gasteiger partial charge < -0.3 is 5.32 Å². The average Bonchev–Trinajstić information content (AvgIpc) is 2.75. The van der Waals surface area contributed by atoms with Gasteiger partial charge in [-0.25, -0.2) is 8.42 Å². The van der Waals surface area contributed by atoms with Gasteiger partial charge in [0.15, 0.2) is 9.84 Å². The summed E-state index contributed by atoms with van der Waals surface area (Å²) in [6, 6.07) is 15.3. The van der Waals surface area contributed by atoms with Crippen molar-refractivity contribution in [3.63, 3.8) is 0 Å². The van der Waals surface area contributed by atoms with E-state index in [1.54, 1.807) is 37.3 Å². The molecule has 0 spiro atoms. The van der Waals surface area contributed by atoms with E-state index in [4.69, 9.17) is 0 Å². The molecule has 3 aromatic rings. The van der Waals surface area contributed by atoms with Crippen molar-refractivity contribution >= 4 is 44.0 Å². The van der Waals surface area contributed by atoms with E-state index in [2.05, 4.69) is 5.32 Å². The molecule has 1 N–H and O–H groups in total. The lowest BCUT2D eigenvalue weighted by Crippen LogP contribution is -2.41. The number of benzene rings is 3. The molecule has 3 aromatic carbocycles. The van der Waals surface area contributed by atoms with Crippen molar-refractivity contribution in [3.05, 3.63) is 71.3 Å². The zero-order valence-corrected chi connectivity index (χ0v) is 18.5. The first-order valence-electron chi connectivity index (χ1n) is 10.2. The molecule has 3 amide bonds. The lowest BCUT2D eigenvalue weighted by atomic mass is 9.94. The molecule has 7 nitrogen and oxygen atoms in total. The number of rotatable bonds is 6. The van der Waals surface area contributed by atoms with Crippen molar-refractivity contribution < 1.29 is 22.8 Å².